The van der Waals surface area contributed by atoms with E-state index in [1.807, 2.05) is 50.2 Å². The second-order valence-electron chi connectivity index (χ2n) is 6.40. The van der Waals surface area contributed by atoms with E-state index in [1.54, 1.807) is 16.7 Å². The average Bonchev–Trinajstić information content (AvgIpc) is 3.01. The van der Waals surface area contributed by atoms with Crippen LogP contribution >= 0.6 is 23.2 Å². The molecule has 0 bridgehead atoms. The highest BCUT2D eigenvalue weighted by molar-refractivity contribution is 6.36. The topological polar surface area (TPSA) is 76.6 Å². The summed E-state index contributed by atoms with van der Waals surface area (Å²) in [6, 6.07) is 12.6. The Bertz CT molecular complexity index is 1120. The fourth-order valence-corrected chi connectivity index (χ4v) is 3.10. The number of ether oxygens (including phenoxy) is 2. The van der Waals surface area contributed by atoms with Gasteiger partial charge in [-0.1, -0.05) is 53.5 Å². The molecule has 0 N–H and O–H groups in total. The maximum atomic E-state index is 12.4. The van der Waals surface area contributed by atoms with E-state index in [1.165, 1.54) is 6.08 Å². The third-order valence-corrected chi connectivity index (χ3v) is 4.31. The molecule has 8 heteroatoms. The van der Waals surface area contributed by atoms with Gasteiger partial charge in [-0.25, -0.2) is 4.79 Å². The lowest BCUT2D eigenvalue weighted by Crippen LogP contribution is -2.09. The molecule has 0 aliphatic carbocycles. The van der Waals surface area contributed by atoms with E-state index in [-0.39, 0.29) is 24.2 Å². The number of nitriles is 1. The van der Waals surface area contributed by atoms with Crippen LogP contribution in [0, 0.1) is 11.3 Å². The Morgan fingerprint density at radius 2 is 2.03 bits per heavy atom. The molecule has 0 spiro atoms. The first-order valence-electron chi connectivity index (χ1n) is 8.75. The van der Waals surface area contributed by atoms with Crippen LogP contribution in [0.4, 0.5) is 0 Å². The van der Waals surface area contributed by atoms with Crippen LogP contribution in [0.15, 0.2) is 48.2 Å². The predicted molar refractivity (Wildman–Crippen MR) is 111 cm³/mol. The number of benzene rings is 1. The second-order valence-corrected chi connectivity index (χ2v) is 7.24. The Kier molecular flexibility index (Phi) is 6.42. The molecule has 2 aromatic heterocycles. The lowest BCUT2D eigenvalue weighted by atomic mass is 10.2. The van der Waals surface area contributed by atoms with E-state index in [4.69, 9.17) is 32.7 Å². The van der Waals surface area contributed by atoms with E-state index in [0.717, 1.165) is 5.56 Å². The van der Waals surface area contributed by atoms with Crippen LogP contribution in [0.1, 0.15) is 25.1 Å². The lowest BCUT2D eigenvalue weighted by molar-refractivity contribution is -0.139. The van der Waals surface area contributed by atoms with Gasteiger partial charge in [-0.2, -0.15) is 10.2 Å². The van der Waals surface area contributed by atoms with Crippen LogP contribution in [0.2, 0.25) is 10.0 Å². The molecular formula is C21H17Cl2N3O3. The number of nitrogens with zero attached hydrogens (tertiary/aromatic N) is 3. The van der Waals surface area contributed by atoms with Gasteiger partial charge in [-0.05, 0) is 31.6 Å². The molecule has 0 atom stereocenters. The summed E-state index contributed by atoms with van der Waals surface area (Å²) >= 11 is 12.3. The molecule has 0 fully saturated rings. The summed E-state index contributed by atoms with van der Waals surface area (Å²) in [5.74, 6) is -0.525. The Morgan fingerprint density at radius 3 is 2.69 bits per heavy atom. The molecule has 29 heavy (non-hydrogen) atoms. The molecule has 3 rings (SSSR count). The van der Waals surface area contributed by atoms with Crippen LogP contribution in [-0.4, -0.2) is 21.5 Å². The number of aromatic nitrogens is 2. The molecule has 0 unspecified atom stereocenters. The number of hydrogen-bond donors (Lipinski definition) is 0. The molecule has 0 saturated carbocycles. The molecule has 0 aliphatic heterocycles. The van der Waals surface area contributed by atoms with Crippen molar-refractivity contribution in [1.82, 2.24) is 9.38 Å². The highest BCUT2D eigenvalue weighted by atomic mass is 35.5. The highest BCUT2D eigenvalue weighted by Gasteiger charge is 2.19. The zero-order valence-corrected chi connectivity index (χ0v) is 17.2. The molecule has 0 radical (unpaired) electrons. The number of hydrogen-bond acceptors (Lipinski definition) is 5. The number of fused-ring (bicyclic) bond motifs is 1. The third-order valence-electron chi connectivity index (χ3n) is 3.83. The summed E-state index contributed by atoms with van der Waals surface area (Å²) in [6.07, 6.45) is 2.76. The van der Waals surface area contributed by atoms with Crippen molar-refractivity contribution in [2.24, 2.45) is 0 Å². The summed E-state index contributed by atoms with van der Waals surface area (Å²) in [5, 5.41) is 10.2. The fourth-order valence-electron chi connectivity index (χ4n) is 2.59. The first-order valence-corrected chi connectivity index (χ1v) is 9.51. The van der Waals surface area contributed by atoms with E-state index in [0.29, 0.717) is 21.4 Å². The summed E-state index contributed by atoms with van der Waals surface area (Å²) in [4.78, 5) is 16.8. The van der Waals surface area contributed by atoms with Crippen LogP contribution in [0.25, 0.3) is 11.7 Å². The average molecular weight is 430 g/mol. The van der Waals surface area contributed by atoms with Crippen molar-refractivity contribution in [3.8, 4) is 11.9 Å². The Morgan fingerprint density at radius 1 is 1.31 bits per heavy atom. The van der Waals surface area contributed by atoms with Gasteiger partial charge in [0, 0.05) is 6.20 Å². The standard InChI is InChI=1S/C21H17Cl2N3O3/c1-13(2)29-20-18(26-11-16(22)9-17(23)19(26)25-20)8-15(10-24)21(27)28-12-14-6-4-3-5-7-14/h3-9,11,13H,12H2,1-2H3. The Balaban J connectivity index is 1.99. The van der Waals surface area contributed by atoms with E-state index >= 15 is 0 Å². The normalized spacial score (nSPS) is 11.5. The smallest absolute Gasteiger partial charge is 0.349 e. The van der Waals surface area contributed by atoms with Gasteiger partial charge in [0.15, 0.2) is 5.65 Å². The van der Waals surface area contributed by atoms with Crippen LogP contribution in [0.5, 0.6) is 5.88 Å². The number of rotatable bonds is 6. The third kappa shape index (κ3) is 4.89. The maximum Gasteiger partial charge on any atom is 0.349 e. The fraction of sp³-hybridized carbons (Fsp3) is 0.190. The number of carbonyl (C=O) groups excluding carboxylic acids is 1. The molecule has 148 valence electrons. The van der Waals surface area contributed by atoms with E-state index in [9.17, 15) is 10.1 Å². The number of esters is 1. The molecule has 0 saturated heterocycles. The monoisotopic (exact) mass is 429 g/mol. The molecule has 3 aromatic rings. The first-order chi connectivity index (χ1) is 13.9. The predicted octanol–water partition coefficient (Wildman–Crippen LogP) is 5.08. The van der Waals surface area contributed by atoms with Gasteiger partial charge in [0.25, 0.3) is 0 Å². The number of carbonyl (C=O) groups is 1. The van der Waals surface area contributed by atoms with Crippen LogP contribution in [-0.2, 0) is 16.1 Å². The highest BCUT2D eigenvalue weighted by Crippen LogP contribution is 2.30. The molecule has 0 amide bonds. The lowest BCUT2D eigenvalue weighted by Gasteiger charge is -2.08. The van der Waals surface area contributed by atoms with Gasteiger partial charge >= 0.3 is 5.97 Å². The van der Waals surface area contributed by atoms with Gasteiger partial charge in [-0.15, -0.1) is 0 Å². The minimum Gasteiger partial charge on any atom is -0.473 e. The van der Waals surface area contributed by atoms with Gasteiger partial charge in [0.2, 0.25) is 5.88 Å². The van der Waals surface area contributed by atoms with Gasteiger partial charge in [0.1, 0.15) is 23.9 Å². The minimum absolute atomic E-state index is 0.0544. The van der Waals surface area contributed by atoms with E-state index < -0.39 is 5.97 Å². The maximum absolute atomic E-state index is 12.4. The first kappa shape index (κ1) is 20.7. The zero-order chi connectivity index (χ0) is 21.0. The molecular weight excluding hydrogens is 413 g/mol. The molecule has 0 aliphatic rings. The second kappa shape index (κ2) is 8.99. The van der Waals surface area contributed by atoms with Gasteiger partial charge < -0.3 is 9.47 Å². The summed E-state index contributed by atoms with van der Waals surface area (Å²) < 4.78 is 12.6. The van der Waals surface area contributed by atoms with Crippen molar-refractivity contribution >= 4 is 40.9 Å². The van der Waals surface area contributed by atoms with Gasteiger partial charge in [0.05, 0.1) is 16.1 Å². The molecule has 1 aromatic carbocycles. The van der Waals surface area contributed by atoms with Crippen molar-refractivity contribution < 1.29 is 14.3 Å². The minimum atomic E-state index is -0.755. The molecule has 6 nitrogen and oxygen atoms in total. The Labute approximate surface area is 177 Å². The summed E-state index contributed by atoms with van der Waals surface area (Å²) in [5.41, 5.74) is 1.38. The summed E-state index contributed by atoms with van der Waals surface area (Å²) in [6.45, 7) is 3.73. The van der Waals surface area contributed by atoms with Crippen LogP contribution in [0.3, 0.4) is 0 Å². The number of pyridine rings is 1. The summed E-state index contributed by atoms with van der Waals surface area (Å²) in [7, 11) is 0. The Hall–Kier alpha value is -3.01. The van der Waals surface area contributed by atoms with Crippen molar-refractivity contribution in [2.45, 2.75) is 26.6 Å². The number of imidazole rings is 1. The molecule has 2 heterocycles. The van der Waals surface area contributed by atoms with Crippen molar-refractivity contribution in [3.63, 3.8) is 0 Å². The van der Waals surface area contributed by atoms with Crippen molar-refractivity contribution in [2.75, 3.05) is 0 Å². The SMILES string of the molecule is CC(C)Oc1nc2c(Cl)cc(Cl)cn2c1C=C(C#N)C(=O)OCc1ccccc1. The van der Waals surface area contributed by atoms with Crippen molar-refractivity contribution in [3.05, 3.63) is 69.5 Å². The van der Waals surface area contributed by atoms with E-state index in [2.05, 4.69) is 4.98 Å². The largest absolute Gasteiger partial charge is 0.473 e. The zero-order valence-electron chi connectivity index (χ0n) is 15.7. The quantitative estimate of drug-likeness (QED) is 0.310. The number of halogens is 2. The van der Waals surface area contributed by atoms with Crippen molar-refractivity contribution in [1.29, 1.82) is 5.26 Å². The van der Waals surface area contributed by atoms with Crippen LogP contribution < -0.4 is 4.74 Å². The van der Waals surface area contributed by atoms with Gasteiger partial charge in [-0.3, -0.25) is 4.40 Å².